The van der Waals surface area contributed by atoms with E-state index in [0.29, 0.717) is 17.1 Å². The summed E-state index contributed by atoms with van der Waals surface area (Å²) in [5, 5.41) is 7.14. The van der Waals surface area contributed by atoms with Crippen molar-refractivity contribution in [2.45, 2.75) is 0 Å². The Morgan fingerprint density at radius 1 is 0.963 bits per heavy atom. The number of carbonyl (C=O) groups is 1. The van der Waals surface area contributed by atoms with Gasteiger partial charge in [-0.2, -0.15) is 5.10 Å². The zero-order chi connectivity index (χ0) is 18.6. The Hall–Kier alpha value is -3.87. The molecule has 1 N–H and O–H groups in total. The van der Waals surface area contributed by atoms with Gasteiger partial charge in [0.05, 0.1) is 23.3 Å². The molecule has 0 unspecified atom stereocenters. The lowest BCUT2D eigenvalue weighted by molar-refractivity contribution is 0.102. The normalized spacial score (nSPS) is 10.6. The Morgan fingerprint density at radius 3 is 2.56 bits per heavy atom. The molecule has 6 nitrogen and oxygen atoms in total. The fourth-order valence-electron chi connectivity index (χ4n) is 2.66. The average Bonchev–Trinajstić information content (AvgIpc) is 3.15. The third-order valence-corrected chi connectivity index (χ3v) is 3.89. The summed E-state index contributed by atoms with van der Waals surface area (Å²) < 4.78 is 15.2. The van der Waals surface area contributed by atoms with Gasteiger partial charge in [0.1, 0.15) is 5.82 Å². The predicted molar refractivity (Wildman–Crippen MR) is 98.9 cm³/mol. The van der Waals surface area contributed by atoms with Gasteiger partial charge in [0, 0.05) is 24.2 Å². The quantitative estimate of drug-likeness (QED) is 0.603. The number of hydrogen-bond donors (Lipinski definition) is 1. The van der Waals surface area contributed by atoms with Crippen molar-refractivity contribution in [3.63, 3.8) is 0 Å². The predicted octanol–water partition coefficient (Wildman–Crippen LogP) is 3.72. The Labute approximate surface area is 154 Å². The van der Waals surface area contributed by atoms with E-state index in [1.807, 2.05) is 0 Å². The molecule has 1 amide bonds. The maximum absolute atomic E-state index is 13.7. The molecule has 3 aromatic heterocycles. The maximum atomic E-state index is 13.7. The molecule has 0 aliphatic carbocycles. The summed E-state index contributed by atoms with van der Waals surface area (Å²) in [6.07, 6.45) is 6.46. The van der Waals surface area contributed by atoms with Crippen LogP contribution in [-0.4, -0.2) is 25.7 Å². The molecule has 0 saturated carbocycles. The lowest BCUT2D eigenvalue weighted by Gasteiger charge is -2.07. The number of amides is 1. The number of hydrogen-bond acceptors (Lipinski definition) is 4. The van der Waals surface area contributed by atoms with Gasteiger partial charge in [-0.1, -0.05) is 6.07 Å². The fraction of sp³-hybridized carbons (Fsp3) is 0. The van der Waals surface area contributed by atoms with Crippen molar-refractivity contribution in [1.29, 1.82) is 0 Å². The average molecular weight is 359 g/mol. The highest BCUT2D eigenvalue weighted by Gasteiger charge is 2.17. The first-order valence-electron chi connectivity index (χ1n) is 8.18. The standard InChI is InChI=1S/C20H14FN5O/c21-15-3-1-5-17(11-15)26-19(14-6-9-22-10-7-14)12-18(25-26)20(27)24-16-4-2-8-23-13-16/h1-13H,(H,24,27). The number of carbonyl (C=O) groups excluding carboxylic acids is 1. The zero-order valence-corrected chi connectivity index (χ0v) is 14.1. The number of halogens is 1. The lowest BCUT2D eigenvalue weighted by Crippen LogP contribution is -2.13. The number of anilines is 1. The van der Waals surface area contributed by atoms with Gasteiger partial charge in [0.25, 0.3) is 5.91 Å². The van der Waals surface area contributed by atoms with Crippen molar-refractivity contribution in [3.8, 4) is 16.9 Å². The van der Waals surface area contributed by atoms with Crippen molar-refractivity contribution in [3.05, 3.63) is 90.9 Å². The second-order valence-electron chi connectivity index (χ2n) is 5.74. The molecule has 27 heavy (non-hydrogen) atoms. The molecule has 132 valence electrons. The minimum atomic E-state index is -0.384. The molecule has 1 aromatic carbocycles. The van der Waals surface area contributed by atoms with E-state index in [2.05, 4.69) is 20.4 Å². The van der Waals surface area contributed by atoms with Crippen LogP contribution in [0, 0.1) is 5.82 Å². The minimum Gasteiger partial charge on any atom is -0.319 e. The van der Waals surface area contributed by atoms with Crippen LogP contribution in [0.3, 0.4) is 0 Å². The summed E-state index contributed by atoms with van der Waals surface area (Å²) in [7, 11) is 0. The first-order chi connectivity index (χ1) is 13.2. The largest absolute Gasteiger partial charge is 0.319 e. The molecule has 0 atom stereocenters. The Kier molecular flexibility index (Phi) is 4.40. The van der Waals surface area contributed by atoms with Gasteiger partial charge < -0.3 is 5.32 Å². The highest BCUT2D eigenvalue weighted by Crippen LogP contribution is 2.24. The zero-order valence-electron chi connectivity index (χ0n) is 14.1. The first-order valence-corrected chi connectivity index (χ1v) is 8.18. The minimum absolute atomic E-state index is 0.204. The van der Waals surface area contributed by atoms with Gasteiger partial charge in [-0.3, -0.25) is 14.8 Å². The van der Waals surface area contributed by atoms with Crippen molar-refractivity contribution in [1.82, 2.24) is 19.7 Å². The van der Waals surface area contributed by atoms with Crippen LogP contribution in [0.25, 0.3) is 16.9 Å². The smallest absolute Gasteiger partial charge is 0.276 e. The van der Waals surface area contributed by atoms with Gasteiger partial charge in [-0.25, -0.2) is 9.07 Å². The molecule has 0 spiro atoms. The third-order valence-electron chi connectivity index (χ3n) is 3.89. The summed E-state index contributed by atoms with van der Waals surface area (Å²) in [6, 6.07) is 14.8. The number of nitrogens with zero attached hydrogens (tertiary/aromatic N) is 4. The first kappa shape index (κ1) is 16.6. The second-order valence-corrected chi connectivity index (χ2v) is 5.74. The van der Waals surface area contributed by atoms with Crippen LogP contribution in [-0.2, 0) is 0 Å². The van der Waals surface area contributed by atoms with E-state index in [0.717, 1.165) is 5.56 Å². The second kappa shape index (κ2) is 7.17. The summed E-state index contributed by atoms with van der Waals surface area (Å²) >= 11 is 0. The maximum Gasteiger partial charge on any atom is 0.276 e. The van der Waals surface area contributed by atoms with Crippen LogP contribution in [0.15, 0.2) is 79.4 Å². The highest BCUT2D eigenvalue weighted by molar-refractivity contribution is 6.03. The van der Waals surface area contributed by atoms with Crippen molar-refractivity contribution < 1.29 is 9.18 Å². The molecule has 7 heteroatoms. The van der Waals surface area contributed by atoms with Gasteiger partial charge >= 0.3 is 0 Å². The molecular formula is C20H14FN5O. The molecule has 0 bridgehead atoms. The third kappa shape index (κ3) is 3.57. The highest BCUT2D eigenvalue weighted by atomic mass is 19.1. The van der Waals surface area contributed by atoms with Crippen molar-refractivity contribution in [2.24, 2.45) is 0 Å². The van der Waals surface area contributed by atoms with E-state index >= 15 is 0 Å². The molecule has 0 aliphatic rings. The van der Waals surface area contributed by atoms with Crippen LogP contribution in [0.2, 0.25) is 0 Å². The van der Waals surface area contributed by atoms with E-state index in [4.69, 9.17) is 0 Å². The summed E-state index contributed by atoms with van der Waals surface area (Å²) in [6.45, 7) is 0. The summed E-state index contributed by atoms with van der Waals surface area (Å²) in [4.78, 5) is 20.6. The molecule has 0 aliphatic heterocycles. The van der Waals surface area contributed by atoms with Gasteiger partial charge in [-0.15, -0.1) is 0 Å². The molecular weight excluding hydrogens is 345 g/mol. The van der Waals surface area contributed by atoms with Crippen molar-refractivity contribution in [2.75, 3.05) is 5.32 Å². The molecule has 0 radical (unpaired) electrons. The van der Waals surface area contributed by atoms with Gasteiger partial charge in [-0.05, 0) is 48.5 Å². The van der Waals surface area contributed by atoms with Crippen LogP contribution in [0.5, 0.6) is 0 Å². The van der Waals surface area contributed by atoms with Crippen molar-refractivity contribution >= 4 is 11.6 Å². The number of aromatic nitrogens is 4. The van der Waals surface area contributed by atoms with E-state index in [-0.39, 0.29) is 17.4 Å². The molecule has 0 saturated heterocycles. The summed E-state index contributed by atoms with van der Waals surface area (Å²) in [5.41, 5.74) is 2.74. The van der Waals surface area contributed by atoms with Crippen LogP contribution in [0.1, 0.15) is 10.5 Å². The molecule has 4 rings (SSSR count). The van der Waals surface area contributed by atoms with Crippen LogP contribution >= 0.6 is 0 Å². The SMILES string of the molecule is O=C(Nc1cccnc1)c1cc(-c2ccncc2)n(-c2cccc(F)c2)n1. The van der Waals surface area contributed by atoms with E-state index in [1.165, 1.54) is 16.8 Å². The van der Waals surface area contributed by atoms with Crippen LogP contribution < -0.4 is 5.32 Å². The number of benzene rings is 1. The molecule has 3 heterocycles. The summed E-state index contributed by atoms with van der Waals surface area (Å²) in [5.74, 6) is -0.765. The number of rotatable bonds is 4. The van der Waals surface area contributed by atoms with E-state index in [9.17, 15) is 9.18 Å². The number of nitrogens with one attached hydrogen (secondary N) is 1. The van der Waals surface area contributed by atoms with E-state index < -0.39 is 0 Å². The topological polar surface area (TPSA) is 72.7 Å². The number of pyridine rings is 2. The molecule has 4 aromatic rings. The Bertz CT molecular complexity index is 1080. The Balaban J connectivity index is 1.77. The van der Waals surface area contributed by atoms with Gasteiger partial charge in [0.2, 0.25) is 0 Å². The van der Waals surface area contributed by atoms with E-state index in [1.54, 1.807) is 67.3 Å². The lowest BCUT2D eigenvalue weighted by atomic mass is 10.2. The fourth-order valence-corrected chi connectivity index (χ4v) is 2.66. The molecule has 0 fully saturated rings. The van der Waals surface area contributed by atoms with Gasteiger partial charge in [0.15, 0.2) is 5.69 Å². The monoisotopic (exact) mass is 359 g/mol. The van der Waals surface area contributed by atoms with Crippen LogP contribution in [0.4, 0.5) is 10.1 Å². The Morgan fingerprint density at radius 2 is 1.81 bits per heavy atom.